The number of aromatic hydroxyl groups is 2. The van der Waals surface area contributed by atoms with Crippen molar-refractivity contribution in [2.75, 3.05) is 40.3 Å². The third kappa shape index (κ3) is 17.3. The highest BCUT2D eigenvalue weighted by Crippen LogP contribution is 2.50. The molecule has 114 heavy (non-hydrogen) atoms. The summed E-state index contributed by atoms with van der Waals surface area (Å²) in [6.07, 6.45) is 0. The second-order valence-electron chi connectivity index (χ2n) is 23.9. The van der Waals surface area contributed by atoms with Crippen LogP contribution in [0, 0.1) is 0 Å². The highest BCUT2D eigenvalue weighted by molar-refractivity contribution is 7.88. The Morgan fingerprint density at radius 3 is 1.33 bits per heavy atom. The highest BCUT2D eigenvalue weighted by Gasteiger charge is 2.34. The van der Waals surface area contributed by atoms with Crippen LogP contribution in [0.25, 0.3) is 43.1 Å². The van der Waals surface area contributed by atoms with Crippen LogP contribution in [0.5, 0.6) is 11.5 Å². The van der Waals surface area contributed by atoms with Crippen LogP contribution in [-0.2, 0) is 94.0 Å². The summed E-state index contributed by atoms with van der Waals surface area (Å²) in [5.41, 5.74) is -3.98. The van der Waals surface area contributed by atoms with Gasteiger partial charge < -0.3 is 41.7 Å². The fraction of sp³-hybridized carbons (Fsp3) is 0.0645. The van der Waals surface area contributed by atoms with Crippen molar-refractivity contribution in [2.45, 2.75) is 52.3 Å². The van der Waals surface area contributed by atoms with Crippen LogP contribution in [0.1, 0.15) is 11.1 Å². The smallest absolute Gasteiger partial charge is 0.297 e. The van der Waals surface area contributed by atoms with Gasteiger partial charge in [-0.3, -0.25) is 36.4 Å². The van der Waals surface area contributed by atoms with Gasteiger partial charge in [-0.15, -0.1) is 20.5 Å². The van der Waals surface area contributed by atoms with Crippen molar-refractivity contribution in [1.82, 2.24) is 35.2 Å². The summed E-state index contributed by atoms with van der Waals surface area (Å²) in [5.74, 6) is -4.25. The lowest BCUT2D eigenvalue weighted by molar-refractivity contribution is 0.471. The molecule has 0 unspecified atom stereocenters. The maximum Gasteiger partial charge on any atom is 0.297 e. The van der Waals surface area contributed by atoms with Crippen LogP contribution in [0.3, 0.4) is 0 Å². The van der Waals surface area contributed by atoms with Gasteiger partial charge >= 0.3 is 0 Å². The molecule has 0 amide bonds. The molecule has 0 aliphatic heterocycles. The topological polar surface area (TPSA) is 666 Å². The highest BCUT2D eigenvalue weighted by atomic mass is 35.5. The quantitative estimate of drug-likeness (QED) is 0.0187. The Hall–Kier alpha value is -11.1. The fourth-order valence-corrected chi connectivity index (χ4v) is 18.2. The number of hydrogen-bond donors (Lipinski definition) is 15. The van der Waals surface area contributed by atoms with E-state index in [9.17, 15) is 114 Å². The van der Waals surface area contributed by atoms with E-state index < -0.39 is 231 Å². The molecule has 15 N–H and O–H groups in total. The summed E-state index contributed by atoms with van der Waals surface area (Å²) in [6, 6.07) is 25.5. The molecule has 10 aromatic carbocycles. The predicted molar refractivity (Wildman–Crippen MR) is 407 cm³/mol. The first kappa shape index (κ1) is 82.3. The minimum atomic E-state index is -5.69. The summed E-state index contributed by atoms with van der Waals surface area (Å²) in [5, 5.41) is 45.8. The van der Waals surface area contributed by atoms with E-state index in [2.05, 4.69) is 76.9 Å². The van der Waals surface area contributed by atoms with Gasteiger partial charge in [0.1, 0.15) is 61.9 Å². The van der Waals surface area contributed by atoms with Crippen molar-refractivity contribution in [1.29, 1.82) is 0 Å². The third-order valence-electron chi connectivity index (χ3n) is 16.3. The van der Waals surface area contributed by atoms with E-state index in [1.165, 1.54) is 42.3 Å². The van der Waals surface area contributed by atoms with E-state index in [-0.39, 0.29) is 35.5 Å². The number of hydrogen-bond acceptors (Lipinski definition) is 34. The number of phenols is 2. The molecular weight excluding hydrogens is 1710 g/mol. The maximum absolute atomic E-state index is 13.4. The van der Waals surface area contributed by atoms with Crippen molar-refractivity contribution in [3.8, 4) is 11.5 Å². The van der Waals surface area contributed by atoms with E-state index in [1.54, 1.807) is 25.2 Å². The van der Waals surface area contributed by atoms with E-state index in [0.29, 0.717) is 24.2 Å². The van der Waals surface area contributed by atoms with Crippen LogP contribution in [0.15, 0.2) is 199 Å². The molecule has 0 saturated carbocycles. The molecule has 594 valence electrons. The SMILES string of the molecule is CNCc1ccc(Nc2cc(N=Nc3c(S(=O)(=O)O)cc4c(S(=O)(=O)O)c(Nc5nc(Cl)nc(N(C)Cc6cccc(Nc7nc(Cl)nc(Nc8ccc9c(O)c(N=Nc%10ccc%11c(S(=O)(=O)O)cccc%11c%10S(=O)(=O)O)c(S(=O)(=O)O)cc9c8S(=O)(=O)O)n7)c6)n5)ccc4c3O)c(S(=O)(=O)O)c3cccc(S(=O)(=O)O)c23)cc1. The Kier molecular flexibility index (Phi) is 21.9. The normalized spacial score (nSPS) is 12.9. The Morgan fingerprint density at radius 1 is 0.368 bits per heavy atom. The van der Waals surface area contributed by atoms with Gasteiger partial charge in [0.05, 0.1) is 17.1 Å². The number of nitrogens with one attached hydrogen (secondary N) is 5. The van der Waals surface area contributed by atoms with E-state index in [0.717, 1.165) is 84.4 Å². The van der Waals surface area contributed by atoms with Gasteiger partial charge in [0.2, 0.25) is 34.4 Å². The number of anilines is 9. The van der Waals surface area contributed by atoms with Crippen LogP contribution in [0.4, 0.5) is 75.0 Å². The fourth-order valence-electron chi connectivity index (χ4n) is 11.8. The van der Waals surface area contributed by atoms with E-state index >= 15 is 0 Å². The maximum atomic E-state index is 13.4. The van der Waals surface area contributed by atoms with Crippen molar-refractivity contribution in [2.24, 2.45) is 20.5 Å². The zero-order valence-electron chi connectivity index (χ0n) is 56.6. The van der Waals surface area contributed by atoms with Gasteiger partial charge in [-0.2, -0.15) is 97.2 Å². The average Bonchev–Trinajstić information content (AvgIpc) is 0.752. The molecule has 0 radical (unpaired) electrons. The van der Waals surface area contributed by atoms with E-state index in [1.807, 2.05) is 0 Å². The number of phenolic OH excluding ortho intramolecular Hbond substituents is 2. The van der Waals surface area contributed by atoms with Gasteiger partial charge in [-0.05, 0) is 126 Å². The van der Waals surface area contributed by atoms with Gasteiger partial charge in [0.25, 0.3) is 80.9 Å². The molecule has 52 heteroatoms. The van der Waals surface area contributed by atoms with Gasteiger partial charge in [-0.1, -0.05) is 54.6 Å². The van der Waals surface area contributed by atoms with Crippen LogP contribution >= 0.6 is 23.2 Å². The molecule has 0 bridgehead atoms. The first-order chi connectivity index (χ1) is 53.1. The zero-order valence-corrected chi connectivity index (χ0v) is 64.7. The second-order valence-corrected chi connectivity index (χ2v) is 35.6. The molecule has 0 fully saturated rings. The van der Waals surface area contributed by atoms with Crippen molar-refractivity contribution in [3.05, 3.63) is 161 Å². The summed E-state index contributed by atoms with van der Waals surface area (Å²) >= 11 is 12.7. The lowest BCUT2D eigenvalue weighted by Gasteiger charge is -2.19. The predicted octanol–water partition coefficient (Wildman–Crippen LogP) is 10.5. The number of benzene rings is 10. The number of azo groups is 2. The number of halogens is 2. The van der Waals surface area contributed by atoms with Crippen molar-refractivity contribution < 1.29 is 114 Å². The zero-order chi connectivity index (χ0) is 83.1. The number of nitrogens with zero attached hydrogens (tertiary/aromatic N) is 11. The molecule has 0 atom stereocenters. The standard InChI is InChI=1S/C62H48Cl2N16O26S8/c1-65-26-28-12-14-30(15-13-28)66-42-25-43(54(112(98,99)100)36-9-5-11-45(48(36)42)108(86,87)88)77-79-50-47(110(92,93)94)24-38-34(52(50)82)18-20-40(56(38)114(104,105)106)69-61-72-58(64)73-62(75-61)80(2)27-29-6-3-7-31(22-29)67-59-70-57(63)71-60(74-59)68-39-19-17-33-37(55(39)113(101,102)103)23-46(109(89,90)91)49(51(33)81)78-76-41-21-16-32-35(53(41)111(95,96)97)8-4-10-44(32)107(83,84)85/h3-25,65-66,81-82H,26-27H2,1-2H3,(H,83,84,85)(H,86,87,88)(H,89,90,91)(H,92,93,94)(H,95,96,97)(H,98,99,100)(H,101,102,103)(H,104,105,106)(H,69,72,73,75)(H2,67,68,70,71,74). The minimum absolute atomic E-state index is 0.109. The Morgan fingerprint density at radius 2 is 0.825 bits per heavy atom. The molecule has 0 spiro atoms. The average molecular weight is 1760 g/mol. The van der Waals surface area contributed by atoms with Crippen molar-refractivity contribution in [3.63, 3.8) is 0 Å². The van der Waals surface area contributed by atoms with Crippen LogP contribution in [-0.4, -0.2) is 158 Å². The lowest BCUT2D eigenvalue weighted by Crippen LogP contribution is -2.20. The molecule has 2 heterocycles. The first-order valence-electron chi connectivity index (χ1n) is 31.0. The number of rotatable bonds is 25. The molecule has 0 aliphatic rings. The largest absolute Gasteiger partial charge is 0.505 e. The summed E-state index contributed by atoms with van der Waals surface area (Å²) in [4.78, 5) is 16.8. The molecule has 12 rings (SSSR count). The molecular formula is C62H48Cl2N16O26S8. The monoisotopic (exact) mass is 1760 g/mol. The second kappa shape index (κ2) is 30.3. The number of fused-ring (bicyclic) bond motifs is 4. The van der Waals surface area contributed by atoms with Gasteiger partial charge in [0, 0.05) is 74.6 Å². The molecule has 42 nitrogen and oxygen atoms in total. The Balaban J connectivity index is 0.818. The first-order valence-corrected chi connectivity index (χ1v) is 43.2. The molecule has 12 aromatic rings. The number of aromatic nitrogens is 6. The molecule has 0 saturated heterocycles. The van der Waals surface area contributed by atoms with Crippen LogP contribution in [0.2, 0.25) is 10.6 Å². The lowest BCUT2D eigenvalue weighted by atomic mass is 10.1. The van der Waals surface area contributed by atoms with Gasteiger partial charge in [-0.25, -0.2) is 0 Å². The minimum Gasteiger partial charge on any atom is -0.505 e. The van der Waals surface area contributed by atoms with Gasteiger partial charge in [0.15, 0.2) is 11.5 Å². The summed E-state index contributed by atoms with van der Waals surface area (Å²) < 4.78 is 291. The van der Waals surface area contributed by atoms with E-state index in [4.69, 9.17) is 23.2 Å². The Labute approximate surface area is 652 Å². The molecule has 2 aromatic heterocycles. The molecule has 0 aliphatic carbocycles. The summed E-state index contributed by atoms with van der Waals surface area (Å²) in [6.45, 7) is 0.317. The Bertz CT molecular complexity index is 7190. The van der Waals surface area contributed by atoms with Crippen molar-refractivity contribution >= 4 is 222 Å². The third-order valence-corrected chi connectivity index (χ3v) is 24.0. The van der Waals surface area contributed by atoms with Crippen LogP contribution < -0.4 is 31.5 Å². The summed E-state index contributed by atoms with van der Waals surface area (Å²) in [7, 11) is -40.4.